The Balaban J connectivity index is 0.783. The van der Waals surface area contributed by atoms with Gasteiger partial charge >= 0.3 is 5.97 Å². The van der Waals surface area contributed by atoms with Gasteiger partial charge in [-0.1, -0.05) is 89.6 Å². The summed E-state index contributed by atoms with van der Waals surface area (Å²) >= 11 is 0.973. The van der Waals surface area contributed by atoms with Crippen molar-refractivity contribution in [1.82, 2.24) is 30.0 Å². The topological polar surface area (TPSA) is 264 Å². The molecule has 1 atom stereocenters. The number of carboxylic acid groups (broad SMARTS) is 1. The summed E-state index contributed by atoms with van der Waals surface area (Å²) < 4.78 is 103. The number of aryl methyl sites for hydroxylation is 1. The predicted octanol–water partition coefficient (Wildman–Crippen LogP) is 6.67. The van der Waals surface area contributed by atoms with Crippen LogP contribution in [0.5, 0.6) is 23.0 Å². The first-order valence-corrected chi connectivity index (χ1v) is 28.6. The van der Waals surface area contributed by atoms with Crippen LogP contribution in [0.15, 0.2) is 161 Å². The van der Waals surface area contributed by atoms with Crippen molar-refractivity contribution in [3.8, 4) is 23.0 Å². The van der Waals surface area contributed by atoms with Crippen LogP contribution in [-0.2, 0) is 73.4 Å². The summed E-state index contributed by atoms with van der Waals surface area (Å²) in [6, 6.07) is 40.6. The van der Waals surface area contributed by atoms with Crippen LogP contribution in [-0.4, -0.2) is 120 Å². The second kappa shape index (κ2) is 27.4. The number of nitrogens with one attached hydrogen (secondary N) is 2. The fourth-order valence-electron chi connectivity index (χ4n) is 8.12. The van der Waals surface area contributed by atoms with Crippen molar-refractivity contribution in [2.75, 3.05) is 60.5 Å². The quantitative estimate of drug-likeness (QED) is 0.0233. The van der Waals surface area contributed by atoms with Crippen LogP contribution in [0.3, 0.4) is 0 Å². The second-order valence-electron chi connectivity index (χ2n) is 17.8. The van der Waals surface area contributed by atoms with E-state index in [1.165, 1.54) is 23.0 Å². The lowest BCUT2D eigenvalue weighted by molar-refractivity contribution is -0.144. The van der Waals surface area contributed by atoms with E-state index in [1.54, 1.807) is 93.1 Å². The van der Waals surface area contributed by atoms with E-state index in [2.05, 4.69) is 25.3 Å². The molecule has 1 amide bonds. The van der Waals surface area contributed by atoms with Gasteiger partial charge in [0.1, 0.15) is 54.0 Å². The van der Waals surface area contributed by atoms with E-state index < -0.39 is 43.6 Å². The molecule has 8 aromatic rings. The summed E-state index contributed by atoms with van der Waals surface area (Å²) in [7, 11) is -5.08. The summed E-state index contributed by atoms with van der Waals surface area (Å²) in [5, 5.41) is 20.4. The van der Waals surface area contributed by atoms with E-state index in [0.29, 0.717) is 61.2 Å². The molecular weight excluding hydrogens is 1090 g/mol. The van der Waals surface area contributed by atoms with Crippen LogP contribution in [0.1, 0.15) is 33.5 Å². The van der Waals surface area contributed by atoms with Crippen molar-refractivity contribution in [2.45, 2.75) is 47.5 Å². The molecule has 0 saturated heterocycles. The Morgan fingerprint density at radius 3 is 1.96 bits per heavy atom. The Morgan fingerprint density at radius 2 is 1.30 bits per heavy atom. The highest BCUT2D eigenvalue weighted by molar-refractivity contribution is 7.91. The number of fused-ring (bicyclic) bond motifs is 1. The van der Waals surface area contributed by atoms with Crippen molar-refractivity contribution in [3.63, 3.8) is 0 Å². The number of methoxy groups -OCH3 is 2. The minimum absolute atomic E-state index is 0.0344. The average molecular weight is 1150 g/mol. The molecule has 0 spiro atoms. The number of sulfonamides is 1. The van der Waals surface area contributed by atoms with Crippen molar-refractivity contribution in [1.29, 1.82) is 0 Å². The molecule has 0 aliphatic heterocycles. The molecule has 1 unspecified atom stereocenters. The van der Waals surface area contributed by atoms with Gasteiger partial charge in [0.15, 0.2) is 6.04 Å². The zero-order valence-corrected chi connectivity index (χ0v) is 46.2. The Labute approximate surface area is 466 Å². The molecule has 8 rings (SSSR count). The molecule has 0 aliphatic carbocycles. The van der Waals surface area contributed by atoms with Crippen LogP contribution in [0.2, 0.25) is 0 Å². The van der Waals surface area contributed by atoms with Gasteiger partial charge in [0.25, 0.3) is 20.1 Å². The van der Waals surface area contributed by atoms with Crippen LogP contribution in [0.25, 0.3) is 10.2 Å². The average Bonchev–Trinajstić information content (AvgIpc) is 4.27. The molecule has 80 heavy (non-hydrogen) atoms. The minimum atomic E-state index is -4.34. The smallest absolute Gasteiger partial charge is 0.328 e. The maximum atomic E-state index is 14.6. The number of amides is 1. The lowest BCUT2D eigenvalue weighted by Gasteiger charge is -2.36. The number of rotatable bonds is 31. The monoisotopic (exact) mass is 1150 g/mol. The molecule has 2 heterocycles. The molecule has 0 aliphatic rings. The minimum Gasteiger partial charge on any atom is -0.497 e. The van der Waals surface area contributed by atoms with Gasteiger partial charge in [-0.25, -0.2) is 22.9 Å². The van der Waals surface area contributed by atoms with Crippen LogP contribution < -0.4 is 29.0 Å². The molecule has 420 valence electrons. The SMILES string of the molecule is COc1ccc(C(NS(=O)(=O)c2nc3ccc(OCc4cn(CC(=O)NC(COCc5cccc(OCCOCCOCCOS(=O)(=O)c6ccc(C)cc6)c5)C(=O)O)nn4)cc3s2)(c2ccccc2)c2ccc(OC)cc2)cc1. The molecule has 21 nitrogen and oxygen atoms in total. The van der Waals surface area contributed by atoms with Crippen LogP contribution in [0, 0.1) is 6.92 Å². The van der Waals surface area contributed by atoms with Crippen molar-refractivity contribution in [3.05, 3.63) is 185 Å². The van der Waals surface area contributed by atoms with Gasteiger partial charge in [-0.3, -0.25) is 8.98 Å². The molecule has 3 N–H and O–H groups in total. The first kappa shape index (κ1) is 58.3. The molecule has 6 aromatic carbocycles. The third-order valence-corrected chi connectivity index (χ3v) is 16.3. The highest BCUT2D eigenvalue weighted by atomic mass is 32.2. The lowest BCUT2D eigenvalue weighted by atomic mass is 9.78. The molecule has 2 aromatic heterocycles. The maximum absolute atomic E-state index is 14.6. The summed E-state index contributed by atoms with van der Waals surface area (Å²) in [5.74, 6) is 0.186. The first-order chi connectivity index (χ1) is 38.6. The number of aromatic nitrogens is 4. The van der Waals surface area contributed by atoms with Gasteiger partial charge < -0.3 is 43.6 Å². The summed E-state index contributed by atoms with van der Waals surface area (Å²) in [4.78, 5) is 29.7. The Bertz CT molecular complexity index is 3500. The van der Waals surface area contributed by atoms with Crippen LogP contribution in [0.4, 0.5) is 0 Å². The Morgan fingerprint density at radius 1 is 0.675 bits per heavy atom. The summed E-state index contributed by atoms with van der Waals surface area (Å²) in [5.41, 5.74) is 2.93. The highest BCUT2D eigenvalue weighted by Crippen LogP contribution is 2.41. The fraction of sp³-hybridized carbons (Fsp3) is 0.268. The number of ether oxygens (including phenoxy) is 7. The number of hydrogen-bond acceptors (Lipinski definition) is 18. The Hall–Kier alpha value is -7.81. The van der Waals surface area contributed by atoms with E-state index in [0.717, 1.165) is 16.9 Å². The normalized spacial score (nSPS) is 12.2. The van der Waals surface area contributed by atoms with Gasteiger partial charge in [0.2, 0.25) is 10.2 Å². The highest BCUT2D eigenvalue weighted by Gasteiger charge is 2.42. The van der Waals surface area contributed by atoms with Crippen LogP contribution >= 0.6 is 11.3 Å². The number of carbonyl (C=O) groups excluding carboxylic acids is 1. The standard InChI is InChI=1S/C56H58N6O15S3/c1-39-12-23-49(24-13-39)80(68,69)77-31-29-73-27-26-72-28-30-75-47-11-7-8-40(32-47)36-74-38-51(54(64)65)57-53(63)35-62-34-44(59-61-62)37-76-48-22-25-50-52(33-48)78-55(58-50)79(66,67)60-56(41-9-5-4-6-10-41,42-14-18-45(70-2)19-15-42)43-16-20-46(71-3)21-17-43/h4-25,32-34,51,60H,26-31,35-38H2,1-3H3,(H,57,63)(H,64,65). The zero-order chi connectivity index (χ0) is 56.5. The molecular formula is C56H58N6O15S3. The first-order valence-electron chi connectivity index (χ1n) is 24.9. The van der Waals surface area contributed by atoms with E-state index in [-0.39, 0.29) is 75.2 Å². The molecule has 0 radical (unpaired) electrons. The van der Waals surface area contributed by atoms with Crippen molar-refractivity contribution < 1.29 is 68.9 Å². The van der Waals surface area contributed by atoms with Gasteiger partial charge in [-0.15, -0.1) is 16.4 Å². The van der Waals surface area contributed by atoms with E-state index >= 15 is 0 Å². The summed E-state index contributed by atoms with van der Waals surface area (Å²) in [6.45, 7) is 2.07. The Kier molecular flexibility index (Phi) is 20.0. The third kappa shape index (κ3) is 15.5. The van der Waals surface area contributed by atoms with Crippen molar-refractivity contribution in [2.24, 2.45) is 0 Å². The number of nitrogens with zero attached hydrogens (tertiary/aromatic N) is 4. The molecule has 0 bridgehead atoms. The molecule has 0 fully saturated rings. The zero-order valence-electron chi connectivity index (χ0n) is 43.8. The fourth-order valence-corrected chi connectivity index (χ4v) is 11.6. The van der Waals surface area contributed by atoms with Gasteiger partial charge in [-0.2, -0.15) is 13.1 Å². The summed E-state index contributed by atoms with van der Waals surface area (Å²) in [6.07, 6.45) is 1.48. The predicted molar refractivity (Wildman–Crippen MR) is 294 cm³/mol. The van der Waals surface area contributed by atoms with Gasteiger partial charge in [0.05, 0.1) is 81.8 Å². The van der Waals surface area contributed by atoms with Gasteiger partial charge in [0, 0.05) is 0 Å². The number of thiazole rings is 1. The number of carbonyl (C=O) groups is 2. The van der Waals surface area contributed by atoms with E-state index in [1.807, 2.05) is 61.5 Å². The number of benzene rings is 6. The maximum Gasteiger partial charge on any atom is 0.328 e. The second-order valence-corrected chi connectivity index (χ2v) is 22.3. The van der Waals surface area contributed by atoms with E-state index in [4.69, 9.17) is 37.3 Å². The number of aliphatic carboxylic acids is 1. The number of carboxylic acids is 1. The number of hydrogen-bond donors (Lipinski definition) is 3. The van der Waals surface area contributed by atoms with Gasteiger partial charge in [-0.05, 0) is 95.9 Å². The molecule has 0 saturated carbocycles. The third-order valence-electron chi connectivity index (χ3n) is 12.1. The lowest BCUT2D eigenvalue weighted by Crippen LogP contribution is -2.47. The molecule has 24 heteroatoms. The van der Waals surface area contributed by atoms with E-state index in [9.17, 15) is 31.5 Å². The van der Waals surface area contributed by atoms with Crippen molar-refractivity contribution >= 4 is 53.6 Å². The largest absolute Gasteiger partial charge is 0.497 e.